The van der Waals surface area contributed by atoms with Crippen LogP contribution in [0, 0.1) is 0 Å². The largest absolute Gasteiger partial charge is 0.346 e. The van der Waals surface area contributed by atoms with Crippen LogP contribution < -0.4 is 0 Å². The first-order valence-electron chi connectivity index (χ1n) is 4.07. The predicted molar refractivity (Wildman–Crippen MR) is 58.8 cm³/mol. The van der Waals surface area contributed by atoms with Crippen molar-refractivity contribution in [1.29, 1.82) is 0 Å². The van der Waals surface area contributed by atoms with E-state index in [0.717, 1.165) is 4.47 Å². The summed E-state index contributed by atoms with van der Waals surface area (Å²) < 4.78 is 11.5. The van der Waals surface area contributed by atoms with E-state index in [-0.39, 0.29) is 0 Å². The fourth-order valence-corrected chi connectivity index (χ4v) is 2.18. The molecular weight excluding hydrogens is 291 g/mol. The van der Waals surface area contributed by atoms with Crippen LogP contribution in [-0.2, 0) is 9.47 Å². The van der Waals surface area contributed by atoms with Gasteiger partial charge in [0, 0.05) is 10.0 Å². The number of hydrogen-bond acceptors (Lipinski definition) is 2. The number of halogens is 3. The van der Waals surface area contributed by atoms with Gasteiger partial charge >= 0.3 is 0 Å². The Morgan fingerprint density at radius 1 is 1.21 bits per heavy atom. The third kappa shape index (κ3) is 1.92. The molecule has 14 heavy (non-hydrogen) atoms. The van der Waals surface area contributed by atoms with Crippen molar-refractivity contribution in [2.45, 2.75) is 6.29 Å². The number of ether oxygens (including phenoxy) is 2. The summed E-state index contributed by atoms with van der Waals surface area (Å²) in [5.41, 5.74) is 0.695. The lowest BCUT2D eigenvalue weighted by molar-refractivity contribution is -0.0439. The van der Waals surface area contributed by atoms with Gasteiger partial charge in [0.25, 0.3) is 0 Å². The fourth-order valence-electron chi connectivity index (χ4n) is 1.28. The molecule has 1 aliphatic heterocycles. The molecule has 0 saturated carbocycles. The predicted octanol–water partition coefficient (Wildman–Crippen LogP) is 3.80. The second-order valence-corrected chi connectivity index (χ2v) is 4.47. The molecule has 1 heterocycles. The van der Waals surface area contributed by atoms with Crippen molar-refractivity contribution in [3.05, 3.63) is 32.2 Å². The van der Waals surface area contributed by atoms with Crippen molar-refractivity contribution in [3.63, 3.8) is 0 Å². The van der Waals surface area contributed by atoms with Crippen LogP contribution in [0.5, 0.6) is 0 Å². The molecule has 0 N–H and O–H groups in total. The maximum Gasteiger partial charge on any atom is 0.186 e. The van der Waals surface area contributed by atoms with E-state index in [1.54, 1.807) is 12.1 Å². The molecule has 0 radical (unpaired) electrons. The van der Waals surface area contributed by atoms with E-state index < -0.39 is 6.29 Å². The Hall–Kier alpha value is 0.200. The van der Waals surface area contributed by atoms with E-state index in [4.69, 9.17) is 32.7 Å². The third-order valence-corrected chi connectivity index (χ3v) is 3.56. The maximum atomic E-state index is 6.09. The van der Waals surface area contributed by atoms with Gasteiger partial charge in [0.1, 0.15) is 0 Å². The zero-order valence-corrected chi connectivity index (χ0v) is 10.2. The van der Waals surface area contributed by atoms with E-state index in [2.05, 4.69) is 15.9 Å². The molecule has 1 aromatic rings. The van der Waals surface area contributed by atoms with Gasteiger partial charge in [0.2, 0.25) is 0 Å². The highest BCUT2D eigenvalue weighted by atomic mass is 79.9. The van der Waals surface area contributed by atoms with E-state index in [9.17, 15) is 0 Å². The highest BCUT2D eigenvalue weighted by molar-refractivity contribution is 9.10. The first kappa shape index (κ1) is 10.7. The van der Waals surface area contributed by atoms with Crippen LogP contribution in [0.25, 0.3) is 0 Å². The van der Waals surface area contributed by atoms with Gasteiger partial charge in [-0.1, -0.05) is 23.2 Å². The summed E-state index contributed by atoms with van der Waals surface area (Å²) in [5.74, 6) is 0. The van der Waals surface area contributed by atoms with Gasteiger partial charge in [-0.05, 0) is 28.1 Å². The summed E-state index contributed by atoms with van der Waals surface area (Å²) in [6.45, 7) is 1.15. The lowest BCUT2D eigenvalue weighted by Gasteiger charge is -2.13. The van der Waals surface area contributed by atoms with E-state index in [1.165, 1.54) is 0 Å². The number of hydrogen-bond donors (Lipinski definition) is 0. The molecule has 0 unspecified atom stereocenters. The summed E-state index contributed by atoms with van der Waals surface area (Å²) in [5, 5.41) is 1.11. The van der Waals surface area contributed by atoms with Crippen LogP contribution in [0.15, 0.2) is 16.6 Å². The van der Waals surface area contributed by atoms with Crippen LogP contribution in [0.3, 0.4) is 0 Å². The summed E-state index contributed by atoms with van der Waals surface area (Å²) in [6.07, 6.45) is -0.438. The highest BCUT2D eigenvalue weighted by Crippen LogP contribution is 2.38. The van der Waals surface area contributed by atoms with E-state index in [1.807, 2.05) is 0 Å². The minimum Gasteiger partial charge on any atom is -0.346 e. The fraction of sp³-hybridized carbons (Fsp3) is 0.333. The lowest BCUT2D eigenvalue weighted by Crippen LogP contribution is -2.00. The van der Waals surface area contributed by atoms with Crippen molar-refractivity contribution >= 4 is 39.1 Å². The molecule has 0 spiro atoms. The molecule has 0 bridgehead atoms. The van der Waals surface area contributed by atoms with Gasteiger partial charge in [0.05, 0.1) is 23.3 Å². The number of rotatable bonds is 1. The Labute approximate surface area is 100 Å². The van der Waals surface area contributed by atoms with Crippen molar-refractivity contribution < 1.29 is 9.47 Å². The molecule has 0 aromatic heterocycles. The van der Waals surface area contributed by atoms with Crippen LogP contribution in [0.1, 0.15) is 11.9 Å². The van der Waals surface area contributed by atoms with Crippen molar-refractivity contribution in [3.8, 4) is 0 Å². The average Bonchev–Trinajstić information content (AvgIpc) is 2.65. The maximum absolute atomic E-state index is 6.09. The molecule has 0 atom stereocenters. The first-order valence-corrected chi connectivity index (χ1v) is 5.61. The van der Waals surface area contributed by atoms with Crippen LogP contribution >= 0.6 is 39.1 Å². The minimum atomic E-state index is -0.438. The van der Waals surface area contributed by atoms with Crippen LogP contribution in [-0.4, -0.2) is 13.2 Å². The molecule has 0 aliphatic carbocycles. The topological polar surface area (TPSA) is 18.5 Å². The zero-order chi connectivity index (χ0) is 10.1. The molecule has 1 aliphatic rings. The standard InChI is InChI=1S/C9H7BrCl2O2/c10-5-1-2-6(11)7(8(5)12)9-13-3-4-14-9/h1-2,9H,3-4H2. The summed E-state index contributed by atoms with van der Waals surface area (Å²) in [4.78, 5) is 0. The van der Waals surface area contributed by atoms with E-state index in [0.29, 0.717) is 28.8 Å². The quantitative estimate of drug-likeness (QED) is 0.734. The average molecular weight is 298 g/mol. The van der Waals surface area contributed by atoms with Gasteiger partial charge in [-0.25, -0.2) is 0 Å². The first-order chi connectivity index (χ1) is 6.70. The van der Waals surface area contributed by atoms with Gasteiger partial charge in [-0.2, -0.15) is 0 Å². The normalized spacial score (nSPS) is 17.6. The van der Waals surface area contributed by atoms with Gasteiger partial charge < -0.3 is 9.47 Å². The SMILES string of the molecule is Clc1ccc(Br)c(Cl)c1C1OCCO1. The van der Waals surface area contributed by atoms with Gasteiger partial charge in [-0.3, -0.25) is 0 Å². The Bertz CT molecular complexity index is 351. The Morgan fingerprint density at radius 2 is 1.86 bits per heavy atom. The van der Waals surface area contributed by atoms with Crippen LogP contribution in [0.4, 0.5) is 0 Å². The molecule has 2 rings (SSSR count). The molecule has 1 fully saturated rings. The molecule has 2 nitrogen and oxygen atoms in total. The van der Waals surface area contributed by atoms with Gasteiger partial charge in [0.15, 0.2) is 6.29 Å². The second-order valence-electron chi connectivity index (χ2n) is 2.83. The van der Waals surface area contributed by atoms with Crippen molar-refractivity contribution in [2.24, 2.45) is 0 Å². The molecular formula is C9H7BrCl2O2. The third-order valence-electron chi connectivity index (χ3n) is 1.94. The van der Waals surface area contributed by atoms with Gasteiger partial charge in [-0.15, -0.1) is 0 Å². The summed E-state index contributed by atoms with van der Waals surface area (Å²) in [6, 6.07) is 3.56. The minimum absolute atomic E-state index is 0.438. The molecule has 1 saturated heterocycles. The second kappa shape index (κ2) is 4.37. The zero-order valence-electron chi connectivity index (χ0n) is 7.10. The Balaban J connectivity index is 2.44. The highest BCUT2D eigenvalue weighted by Gasteiger charge is 2.24. The smallest absolute Gasteiger partial charge is 0.186 e. The van der Waals surface area contributed by atoms with Crippen LogP contribution in [0.2, 0.25) is 10.0 Å². The Kier molecular flexibility index (Phi) is 3.34. The monoisotopic (exact) mass is 296 g/mol. The number of benzene rings is 1. The summed E-state index contributed by atoms with van der Waals surface area (Å²) in [7, 11) is 0. The van der Waals surface area contributed by atoms with Crippen molar-refractivity contribution in [2.75, 3.05) is 13.2 Å². The van der Waals surface area contributed by atoms with E-state index >= 15 is 0 Å². The molecule has 1 aromatic carbocycles. The lowest BCUT2D eigenvalue weighted by atomic mass is 10.2. The molecule has 5 heteroatoms. The molecule has 0 amide bonds. The Morgan fingerprint density at radius 3 is 2.50 bits per heavy atom. The van der Waals surface area contributed by atoms with Crippen molar-refractivity contribution in [1.82, 2.24) is 0 Å². The summed E-state index contributed by atoms with van der Waals surface area (Å²) >= 11 is 15.4. The molecule has 76 valence electrons.